The molecule has 0 bridgehead atoms. The summed E-state index contributed by atoms with van der Waals surface area (Å²) in [6.45, 7) is 1.74. The standard InChI is InChI=1S/C14H20N4O3/c1-8-10(7-15-14(16-8)18(2)3)12(19)17-11(9-5-6-9)13(20)21-4/h7,9,11H,5-6H2,1-4H3,(H,17,19)/t11-/m0/s1. The first-order valence-corrected chi connectivity index (χ1v) is 6.83. The van der Waals surface area contributed by atoms with Crippen molar-refractivity contribution >= 4 is 17.8 Å². The van der Waals surface area contributed by atoms with Crippen LogP contribution in [0.15, 0.2) is 6.20 Å². The van der Waals surface area contributed by atoms with Crippen molar-refractivity contribution in [1.82, 2.24) is 15.3 Å². The van der Waals surface area contributed by atoms with Gasteiger partial charge in [-0.2, -0.15) is 0 Å². The maximum absolute atomic E-state index is 12.3. The Bertz CT molecular complexity index is 555. The highest BCUT2D eigenvalue weighted by molar-refractivity contribution is 5.97. The Morgan fingerprint density at radius 3 is 2.57 bits per heavy atom. The summed E-state index contributed by atoms with van der Waals surface area (Å²) in [5.74, 6) is -0.0473. The molecule has 7 heteroatoms. The highest BCUT2D eigenvalue weighted by Gasteiger charge is 2.38. The van der Waals surface area contributed by atoms with E-state index in [2.05, 4.69) is 15.3 Å². The van der Waals surface area contributed by atoms with E-state index in [9.17, 15) is 9.59 Å². The third-order valence-electron chi connectivity index (χ3n) is 3.45. The van der Waals surface area contributed by atoms with Gasteiger partial charge in [-0.3, -0.25) is 4.79 Å². The van der Waals surface area contributed by atoms with Gasteiger partial charge in [0.25, 0.3) is 5.91 Å². The molecule has 0 aromatic carbocycles. The Labute approximate surface area is 123 Å². The molecule has 1 N–H and O–H groups in total. The van der Waals surface area contributed by atoms with Gasteiger partial charge >= 0.3 is 5.97 Å². The number of esters is 1. The maximum atomic E-state index is 12.3. The van der Waals surface area contributed by atoms with Gasteiger partial charge < -0.3 is 15.0 Å². The van der Waals surface area contributed by atoms with Crippen molar-refractivity contribution in [3.05, 3.63) is 17.5 Å². The second-order valence-corrected chi connectivity index (χ2v) is 5.38. The maximum Gasteiger partial charge on any atom is 0.328 e. The average molecular weight is 292 g/mol. The fourth-order valence-corrected chi connectivity index (χ4v) is 2.04. The van der Waals surface area contributed by atoms with Crippen molar-refractivity contribution < 1.29 is 14.3 Å². The molecule has 1 atom stereocenters. The Balaban J connectivity index is 2.14. The van der Waals surface area contributed by atoms with Crippen LogP contribution in [-0.2, 0) is 9.53 Å². The van der Waals surface area contributed by atoms with E-state index in [1.54, 1.807) is 11.8 Å². The number of anilines is 1. The van der Waals surface area contributed by atoms with Gasteiger partial charge in [-0.25, -0.2) is 14.8 Å². The van der Waals surface area contributed by atoms with E-state index >= 15 is 0 Å². The van der Waals surface area contributed by atoms with Gasteiger partial charge in [0, 0.05) is 20.3 Å². The summed E-state index contributed by atoms with van der Waals surface area (Å²) in [5.41, 5.74) is 0.945. The van der Waals surface area contributed by atoms with Crippen LogP contribution in [0.25, 0.3) is 0 Å². The van der Waals surface area contributed by atoms with Crippen LogP contribution in [0, 0.1) is 12.8 Å². The molecule has 1 fully saturated rings. The average Bonchev–Trinajstić information content (AvgIpc) is 3.27. The van der Waals surface area contributed by atoms with Crippen LogP contribution < -0.4 is 10.2 Å². The van der Waals surface area contributed by atoms with Crippen molar-refractivity contribution in [3.63, 3.8) is 0 Å². The number of nitrogens with one attached hydrogen (secondary N) is 1. The van der Waals surface area contributed by atoms with E-state index < -0.39 is 12.0 Å². The molecule has 1 aliphatic rings. The molecule has 0 aliphatic heterocycles. The normalized spacial score (nSPS) is 15.2. The van der Waals surface area contributed by atoms with Crippen LogP contribution in [0.2, 0.25) is 0 Å². The van der Waals surface area contributed by atoms with Crippen molar-refractivity contribution in [2.45, 2.75) is 25.8 Å². The number of rotatable bonds is 5. The lowest BCUT2D eigenvalue weighted by Crippen LogP contribution is -2.43. The van der Waals surface area contributed by atoms with Crippen molar-refractivity contribution in [2.75, 3.05) is 26.1 Å². The van der Waals surface area contributed by atoms with Crippen LogP contribution in [0.1, 0.15) is 28.9 Å². The Morgan fingerprint density at radius 2 is 2.10 bits per heavy atom. The van der Waals surface area contributed by atoms with Crippen LogP contribution in [0.5, 0.6) is 0 Å². The monoisotopic (exact) mass is 292 g/mol. The summed E-state index contributed by atoms with van der Waals surface area (Å²) in [6.07, 6.45) is 3.33. The molecule has 0 spiro atoms. The lowest BCUT2D eigenvalue weighted by molar-refractivity contribution is -0.143. The lowest BCUT2D eigenvalue weighted by atomic mass is 10.1. The number of hydrogen-bond acceptors (Lipinski definition) is 6. The molecular formula is C14H20N4O3. The van der Waals surface area contributed by atoms with Gasteiger partial charge in [0.05, 0.1) is 18.4 Å². The molecule has 1 aromatic heterocycles. The van der Waals surface area contributed by atoms with Gasteiger partial charge in [-0.05, 0) is 25.7 Å². The molecule has 0 unspecified atom stereocenters. The smallest absolute Gasteiger partial charge is 0.328 e. The topological polar surface area (TPSA) is 84.4 Å². The first kappa shape index (κ1) is 15.2. The summed E-state index contributed by atoms with van der Waals surface area (Å²) in [5, 5.41) is 2.73. The quantitative estimate of drug-likeness (QED) is 0.797. The Kier molecular flexibility index (Phi) is 4.40. The highest BCUT2D eigenvalue weighted by Crippen LogP contribution is 2.33. The first-order valence-electron chi connectivity index (χ1n) is 6.83. The molecule has 0 radical (unpaired) electrons. The molecule has 1 amide bonds. The molecule has 2 rings (SSSR count). The summed E-state index contributed by atoms with van der Waals surface area (Å²) < 4.78 is 4.74. The number of nitrogens with zero attached hydrogens (tertiary/aromatic N) is 3. The van der Waals surface area contributed by atoms with E-state index in [4.69, 9.17) is 4.74 Å². The third kappa shape index (κ3) is 3.48. The summed E-state index contributed by atoms with van der Waals surface area (Å²) in [4.78, 5) is 34.2. The van der Waals surface area contributed by atoms with Crippen molar-refractivity contribution in [3.8, 4) is 0 Å². The predicted octanol–water partition coefficient (Wildman–Crippen LogP) is 0.532. The molecular weight excluding hydrogens is 272 g/mol. The number of carbonyl (C=O) groups excluding carboxylic acids is 2. The van der Waals surface area contributed by atoms with Gasteiger partial charge in [0.2, 0.25) is 5.95 Å². The fourth-order valence-electron chi connectivity index (χ4n) is 2.04. The molecule has 0 saturated heterocycles. The largest absolute Gasteiger partial charge is 0.467 e. The molecule has 1 aromatic rings. The second kappa shape index (κ2) is 6.07. The van der Waals surface area contributed by atoms with Gasteiger partial charge in [0.15, 0.2) is 0 Å². The minimum absolute atomic E-state index is 0.170. The predicted molar refractivity (Wildman–Crippen MR) is 77.1 cm³/mol. The Hall–Kier alpha value is -2.18. The van der Waals surface area contributed by atoms with Crippen molar-refractivity contribution in [1.29, 1.82) is 0 Å². The van der Waals surface area contributed by atoms with Gasteiger partial charge in [-0.15, -0.1) is 0 Å². The fraction of sp³-hybridized carbons (Fsp3) is 0.571. The zero-order chi connectivity index (χ0) is 15.6. The van der Waals surface area contributed by atoms with Crippen molar-refractivity contribution in [2.24, 2.45) is 5.92 Å². The first-order chi connectivity index (χ1) is 9.93. The van der Waals surface area contributed by atoms with E-state index in [1.165, 1.54) is 13.3 Å². The number of aromatic nitrogens is 2. The molecule has 7 nitrogen and oxygen atoms in total. The summed E-state index contributed by atoms with van der Waals surface area (Å²) >= 11 is 0. The van der Waals surface area contributed by atoms with E-state index in [-0.39, 0.29) is 11.8 Å². The minimum atomic E-state index is -0.588. The number of methoxy groups -OCH3 is 1. The number of aryl methyl sites for hydroxylation is 1. The Morgan fingerprint density at radius 1 is 1.43 bits per heavy atom. The number of amides is 1. The van der Waals surface area contributed by atoms with Crippen LogP contribution >= 0.6 is 0 Å². The van der Waals surface area contributed by atoms with Gasteiger partial charge in [-0.1, -0.05) is 0 Å². The van der Waals surface area contributed by atoms with Crippen LogP contribution in [0.3, 0.4) is 0 Å². The molecule has 1 saturated carbocycles. The zero-order valence-corrected chi connectivity index (χ0v) is 12.7. The number of ether oxygens (including phenoxy) is 1. The highest BCUT2D eigenvalue weighted by atomic mass is 16.5. The van der Waals surface area contributed by atoms with E-state index in [1.807, 2.05) is 14.1 Å². The van der Waals surface area contributed by atoms with E-state index in [0.717, 1.165) is 12.8 Å². The number of hydrogen-bond donors (Lipinski definition) is 1. The summed E-state index contributed by atoms with van der Waals surface area (Å²) in [7, 11) is 4.98. The van der Waals surface area contributed by atoms with Gasteiger partial charge in [0.1, 0.15) is 6.04 Å². The van der Waals surface area contributed by atoms with Crippen LogP contribution in [0.4, 0.5) is 5.95 Å². The zero-order valence-electron chi connectivity index (χ0n) is 12.7. The third-order valence-corrected chi connectivity index (χ3v) is 3.45. The van der Waals surface area contributed by atoms with Crippen LogP contribution in [-0.4, -0.2) is 49.1 Å². The molecule has 1 heterocycles. The number of carbonyl (C=O) groups is 2. The summed E-state index contributed by atoms with van der Waals surface area (Å²) in [6, 6.07) is -0.588. The SMILES string of the molecule is COC(=O)[C@@H](NC(=O)c1cnc(N(C)C)nc1C)C1CC1. The molecule has 21 heavy (non-hydrogen) atoms. The second-order valence-electron chi connectivity index (χ2n) is 5.38. The molecule has 1 aliphatic carbocycles. The minimum Gasteiger partial charge on any atom is -0.467 e. The molecule has 114 valence electrons. The lowest BCUT2D eigenvalue weighted by Gasteiger charge is -2.17. The van der Waals surface area contributed by atoms with E-state index in [0.29, 0.717) is 17.2 Å².